The van der Waals surface area contributed by atoms with Crippen molar-refractivity contribution in [3.63, 3.8) is 0 Å². The first-order valence-electron chi connectivity index (χ1n) is 5.31. The smallest absolute Gasteiger partial charge is 0.0681 e. The fourth-order valence-corrected chi connectivity index (χ4v) is 2.13. The molecule has 2 aromatic rings. The standard InChI is InChI=1S/C14H15OP/c15-10-11-6-8-13(9-7-11)14(16)12-4-2-1-3-5-12/h1-9,14-15H,10,16H2. The molecule has 82 valence electrons. The van der Waals surface area contributed by atoms with Gasteiger partial charge in [-0.05, 0) is 16.7 Å². The van der Waals surface area contributed by atoms with Gasteiger partial charge >= 0.3 is 0 Å². The molecule has 0 saturated heterocycles. The second kappa shape index (κ2) is 5.25. The predicted molar refractivity (Wildman–Crippen MR) is 70.4 cm³/mol. The van der Waals surface area contributed by atoms with Crippen LogP contribution in [0.4, 0.5) is 0 Å². The van der Waals surface area contributed by atoms with Gasteiger partial charge in [0, 0.05) is 5.66 Å². The summed E-state index contributed by atoms with van der Waals surface area (Å²) in [7, 11) is 2.86. The topological polar surface area (TPSA) is 20.2 Å². The minimum absolute atomic E-state index is 0.104. The van der Waals surface area contributed by atoms with E-state index in [-0.39, 0.29) is 6.61 Å². The summed E-state index contributed by atoms with van der Waals surface area (Å²) in [6.45, 7) is 0.104. The highest BCUT2D eigenvalue weighted by Crippen LogP contribution is 2.30. The fourth-order valence-electron chi connectivity index (χ4n) is 1.68. The van der Waals surface area contributed by atoms with E-state index in [1.807, 2.05) is 18.2 Å². The SMILES string of the molecule is OCc1ccc(C(P)c2ccccc2)cc1. The van der Waals surface area contributed by atoms with Gasteiger partial charge in [-0.15, -0.1) is 9.24 Å². The Morgan fingerprint density at radius 2 is 1.44 bits per heavy atom. The summed E-state index contributed by atoms with van der Waals surface area (Å²) in [5.74, 6) is 0. The van der Waals surface area contributed by atoms with Crippen molar-refractivity contribution in [2.75, 3.05) is 0 Å². The number of aliphatic hydroxyl groups excluding tert-OH is 1. The number of benzene rings is 2. The Hall–Kier alpha value is -1.17. The minimum Gasteiger partial charge on any atom is -0.392 e. The number of rotatable bonds is 3. The quantitative estimate of drug-likeness (QED) is 0.803. The lowest BCUT2D eigenvalue weighted by Crippen LogP contribution is -1.92. The summed E-state index contributed by atoms with van der Waals surface area (Å²) in [4.78, 5) is 0. The first-order valence-corrected chi connectivity index (χ1v) is 5.98. The highest BCUT2D eigenvalue weighted by molar-refractivity contribution is 7.17. The van der Waals surface area contributed by atoms with E-state index in [2.05, 4.69) is 45.6 Å². The van der Waals surface area contributed by atoms with Crippen molar-refractivity contribution in [2.45, 2.75) is 12.3 Å². The minimum atomic E-state index is 0.104. The van der Waals surface area contributed by atoms with Gasteiger partial charge in [-0.25, -0.2) is 0 Å². The zero-order valence-corrected chi connectivity index (χ0v) is 10.2. The van der Waals surface area contributed by atoms with Gasteiger partial charge in [0.25, 0.3) is 0 Å². The molecule has 0 heterocycles. The Morgan fingerprint density at radius 1 is 0.875 bits per heavy atom. The first kappa shape index (κ1) is 11.3. The summed E-state index contributed by atoms with van der Waals surface area (Å²) in [5, 5.41) is 8.98. The van der Waals surface area contributed by atoms with Gasteiger partial charge in [0.1, 0.15) is 0 Å². The van der Waals surface area contributed by atoms with E-state index in [0.29, 0.717) is 5.66 Å². The normalized spacial score (nSPS) is 12.4. The molecular weight excluding hydrogens is 215 g/mol. The van der Waals surface area contributed by atoms with Crippen LogP contribution >= 0.6 is 9.24 Å². The molecule has 0 aliphatic carbocycles. The molecular formula is C14H15OP. The molecule has 0 aliphatic rings. The highest BCUT2D eigenvalue weighted by atomic mass is 31.0. The maximum atomic E-state index is 8.98. The summed E-state index contributed by atoms with van der Waals surface area (Å²) in [6.07, 6.45) is 0. The summed E-state index contributed by atoms with van der Waals surface area (Å²) < 4.78 is 0. The highest BCUT2D eigenvalue weighted by Gasteiger charge is 2.07. The second-order valence-corrected chi connectivity index (χ2v) is 4.45. The molecule has 0 aromatic heterocycles. The second-order valence-electron chi connectivity index (χ2n) is 3.79. The third-order valence-electron chi connectivity index (χ3n) is 2.68. The summed E-state index contributed by atoms with van der Waals surface area (Å²) in [5.41, 5.74) is 3.79. The van der Waals surface area contributed by atoms with E-state index in [9.17, 15) is 0 Å². The Kier molecular flexibility index (Phi) is 3.71. The Balaban J connectivity index is 2.24. The molecule has 0 aliphatic heterocycles. The van der Waals surface area contributed by atoms with Gasteiger partial charge in [0.2, 0.25) is 0 Å². The molecule has 0 bridgehead atoms. The van der Waals surface area contributed by atoms with Crippen molar-refractivity contribution < 1.29 is 5.11 Å². The van der Waals surface area contributed by atoms with Gasteiger partial charge < -0.3 is 5.11 Å². The van der Waals surface area contributed by atoms with Crippen molar-refractivity contribution in [1.29, 1.82) is 0 Å². The zero-order chi connectivity index (χ0) is 11.4. The maximum absolute atomic E-state index is 8.98. The molecule has 1 nitrogen and oxygen atoms in total. The summed E-state index contributed by atoms with van der Waals surface area (Å²) in [6, 6.07) is 18.4. The largest absolute Gasteiger partial charge is 0.392 e. The van der Waals surface area contributed by atoms with Crippen LogP contribution in [-0.4, -0.2) is 5.11 Å². The van der Waals surface area contributed by atoms with E-state index in [0.717, 1.165) is 5.56 Å². The Labute approximate surface area is 98.3 Å². The van der Waals surface area contributed by atoms with Crippen LogP contribution in [0.2, 0.25) is 0 Å². The van der Waals surface area contributed by atoms with Crippen molar-refractivity contribution in [2.24, 2.45) is 0 Å². The number of hydrogen-bond donors (Lipinski definition) is 1. The van der Waals surface area contributed by atoms with Crippen LogP contribution in [0.5, 0.6) is 0 Å². The van der Waals surface area contributed by atoms with Crippen LogP contribution in [0, 0.1) is 0 Å². The van der Waals surface area contributed by atoms with Gasteiger partial charge in [-0.2, -0.15) is 0 Å². The lowest BCUT2D eigenvalue weighted by Gasteiger charge is -2.12. The maximum Gasteiger partial charge on any atom is 0.0681 e. The molecule has 1 N–H and O–H groups in total. The van der Waals surface area contributed by atoms with Crippen LogP contribution < -0.4 is 0 Å². The van der Waals surface area contributed by atoms with E-state index < -0.39 is 0 Å². The molecule has 2 unspecified atom stereocenters. The van der Waals surface area contributed by atoms with E-state index in [1.54, 1.807) is 0 Å². The first-order chi connectivity index (χ1) is 7.81. The lowest BCUT2D eigenvalue weighted by atomic mass is 10.0. The molecule has 0 amide bonds. The molecule has 2 heteroatoms. The lowest BCUT2D eigenvalue weighted by molar-refractivity contribution is 0.282. The average Bonchev–Trinajstić information content (AvgIpc) is 2.39. The molecule has 16 heavy (non-hydrogen) atoms. The van der Waals surface area contributed by atoms with Gasteiger partial charge in [-0.1, -0.05) is 54.6 Å². The average molecular weight is 230 g/mol. The summed E-state index contributed by atoms with van der Waals surface area (Å²) >= 11 is 0. The van der Waals surface area contributed by atoms with E-state index in [1.165, 1.54) is 11.1 Å². The third-order valence-corrected chi connectivity index (χ3v) is 3.45. The molecule has 0 radical (unpaired) electrons. The molecule has 0 saturated carbocycles. The number of aliphatic hydroxyl groups is 1. The Bertz CT molecular complexity index is 436. The van der Waals surface area contributed by atoms with E-state index in [4.69, 9.17) is 5.11 Å². The molecule has 0 spiro atoms. The van der Waals surface area contributed by atoms with Crippen molar-refractivity contribution in [3.8, 4) is 0 Å². The molecule has 0 fully saturated rings. The third kappa shape index (κ3) is 2.49. The number of hydrogen-bond acceptors (Lipinski definition) is 1. The predicted octanol–water partition coefficient (Wildman–Crippen LogP) is 3.14. The molecule has 2 aromatic carbocycles. The van der Waals surface area contributed by atoms with Crippen LogP contribution in [0.15, 0.2) is 54.6 Å². The fraction of sp³-hybridized carbons (Fsp3) is 0.143. The van der Waals surface area contributed by atoms with Crippen LogP contribution in [0.1, 0.15) is 22.3 Å². The van der Waals surface area contributed by atoms with Crippen LogP contribution in [0.3, 0.4) is 0 Å². The van der Waals surface area contributed by atoms with Crippen molar-refractivity contribution >= 4 is 9.24 Å². The van der Waals surface area contributed by atoms with Gasteiger partial charge in [0.05, 0.1) is 6.61 Å². The molecule has 2 atom stereocenters. The van der Waals surface area contributed by atoms with Gasteiger partial charge in [0.15, 0.2) is 0 Å². The van der Waals surface area contributed by atoms with Crippen molar-refractivity contribution in [1.82, 2.24) is 0 Å². The van der Waals surface area contributed by atoms with Crippen LogP contribution in [0.25, 0.3) is 0 Å². The van der Waals surface area contributed by atoms with Gasteiger partial charge in [-0.3, -0.25) is 0 Å². The van der Waals surface area contributed by atoms with Crippen molar-refractivity contribution in [3.05, 3.63) is 71.3 Å². The zero-order valence-electron chi connectivity index (χ0n) is 9.01. The van der Waals surface area contributed by atoms with E-state index >= 15 is 0 Å². The molecule has 2 rings (SSSR count). The van der Waals surface area contributed by atoms with Crippen LogP contribution in [-0.2, 0) is 6.61 Å². The monoisotopic (exact) mass is 230 g/mol. The Morgan fingerprint density at radius 3 is 2.00 bits per heavy atom.